The Balaban J connectivity index is 1.70. The second kappa shape index (κ2) is 7.62. The molecule has 134 valence electrons. The van der Waals surface area contributed by atoms with E-state index in [4.69, 9.17) is 20.8 Å². The van der Waals surface area contributed by atoms with Crippen LogP contribution in [-0.2, 0) is 11.3 Å². The highest BCUT2D eigenvalue weighted by Gasteiger charge is 2.19. The molecule has 0 saturated carbocycles. The van der Waals surface area contributed by atoms with Crippen molar-refractivity contribution in [3.05, 3.63) is 82.0 Å². The number of Topliss-reactive ketones (excluding diaryl/α,β-unsaturated/α-hetero) is 1. The van der Waals surface area contributed by atoms with Gasteiger partial charge in [0.15, 0.2) is 6.61 Å². The maximum Gasteiger partial charge on any atom is 0.340 e. The summed E-state index contributed by atoms with van der Waals surface area (Å²) in [5, 5.41) is 0.293. The van der Waals surface area contributed by atoms with E-state index in [1.807, 2.05) is 30.5 Å². The molecule has 26 heavy (non-hydrogen) atoms. The van der Waals surface area contributed by atoms with E-state index in [0.29, 0.717) is 17.1 Å². The van der Waals surface area contributed by atoms with Crippen molar-refractivity contribution < 1.29 is 18.7 Å². The molecular formula is C20H18ClNO4. The predicted molar refractivity (Wildman–Crippen MR) is 97.8 cm³/mol. The van der Waals surface area contributed by atoms with Crippen LogP contribution in [0.5, 0.6) is 0 Å². The van der Waals surface area contributed by atoms with Crippen LogP contribution in [0.4, 0.5) is 0 Å². The van der Waals surface area contributed by atoms with Gasteiger partial charge < -0.3 is 13.7 Å². The molecule has 1 aromatic carbocycles. The zero-order valence-corrected chi connectivity index (χ0v) is 15.2. The number of esters is 1. The average molecular weight is 372 g/mol. The second-order valence-electron chi connectivity index (χ2n) is 5.93. The number of furan rings is 1. The Morgan fingerprint density at radius 2 is 1.88 bits per heavy atom. The topological polar surface area (TPSA) is 61.4 Å². The zero-order valence-electron chi connectivity index (χ0n) is 14.5. The lowest BCUT2D eigenvalue weighted by Crippen LogP contribution is -2.15. The van der Waals surface area contributed by atoms with Gasteiger partial charge in [0.1, 0.15) is 5.76 Å². The zero-order chi connectivity index (χ0) is 18.7. The van der Waals surface area contributed by atoms with E-state index >= 15 is 0 Å². The molecule has 6 heteroatoms. The molecule has 0 amide bonds. The first-order chi connectivity index (χ1) is 12.5. The number of aryl methyl sites for hydroxylation is 1. The Morgan fingerprint density at radius 1 is 1.12 bits per heavy atom. The normalized spacial score (nSPS) is 10.7. The van der Waals surface area contributed by atoms with Crippen molar-refractivity contribution in [3.8, 4) is 0 Å². The Hall–Kier alpha value is -2.79. The van der Waals surface area contributed by atoms with Crippen molar-refractivity contribution in [1.29, 1.82) is 0 Å². The molecule has 5 nitrogen and oxygen atoms in total. The van der Waals surface area contributed by atoms with Crippen molar-refractivity contribution in [2.24, 2.45) is 0 Å². The Labute approximate surface area is 156 Å². The van der Waals surface area contributed by atoms with E-state index in [2.05, 4.69) is 0 Å². The lowest BCUT2D eigenvalue weighted by molar-refractivity contribution is 0.0474. The summed E-state index contributed by atoms with van der Waals surface area (Å²) in [5.41, 5.74) is 2.50. The molecule has 0 spiro atoms. The highest BCUT2D eigenvalue weighted by molar-refractivity contribution is 6.33. The molecule has 0 aliphatic carbocycles. The van der Waals surface area contributed by atoms with Crippen LogP contribution in [0, 0.1) is 13.8 Å². The fraction of sp³-hybridized carbons (Fsp3) is 0.200. The third kappa shape index (κ3) is 3.73. The quantitative estimate of drug-likeness (QED) is 0.474. The van der Waals surface area contributed by atoms with Crippen LogP contribution in [-0.4, -0.2) is 22.9 Å². The van der Waals surface area contributed by atoms with Crippen LogP contribution in [0.15, 0.2) is 53.1 Å². The minimum atomic E-state index is -0.617. The number of benzene rings is 1. The first-order valence-electron chi connectivity index (χ1n) is 8.11. The van der Waals surface area contributed by atoms with E-state index in [1.165, 1.54) is 0 Å². The SMILES string of the molecule is Cc1cc(C(=O)COC(=O)c2ccccc2Cl)c(C)n1Cc1ccco1. The summed E-state index contributed by atoms with van der Waals surface area (Å²) < 4.78 is 12.5. The molecule has 2 heterocycles. The van der Waals surface area contributed by atoms with Crippen LogP contribution in [0.2, 0.25) is 5.02 Å². The van der Waals surface area contributed by atoms with Crippen molar-refractivity contribution >= 4 is 23.4 Å². The summed E-state index contributed by atoms with van der Waals surface area (Å²) in [6, 6.07) is 12.1. The third-order valence-electron chi connectivity index (χ3n) is 4.20. The number of hydrogen-bond donors (Lipinski definition) is 0. The lowest BCUT2D eigenvalue weighted by Gasteiger charge is -2.08. The summed E-state index contributed by atoms with van der Waals surface area (Å²) in [6.07, 6.45) is 1.61. The summed E-state index contributed by atoms with van der Waals surface area (Å²) in [5.74, 6) is -0.0755. The number of nitrogens with zero attached hydrogens (tertiary/aromatic N) is 1. The number of ether oxygens (including phenoxy) is 1. The van der Waals surface area contributed by atoms with Crippen LogP contribution in [0.3, 0.4) is 0 Å². The summed E-state index contributed by atoms with van der Waals surface area (Å²) in [6.45, 7) is 3.98. The Kier molecular flexibility index (Phi) is 5.28. The van der Waals surface area contributed by atoms with Crippen molar-refractivity contribution in [2.75, 3.05) is 6.61 Å². The molecule has 0 N–H and O–H groups in total. The molecule has 2 aromatic heterocycles. The maximum absolute atomic E-state index is 12.5. The number of aromatic nitrogens is 1. The van der Waals surface area contributed by atoms with Crippen molar-refractivity contribution in [2.45, 2.75) is 20.4 Å². The van der Waals surface area contributed by atoms with E-state index < -0.39 is 5.97 Å². The van der Waals surface area contributed by atoms with Gasteiger partial charge in [-0.25, -0.2) is 4.79 Å². The Bertz CT molecular complexity index is 941. The van der Waals surface area contributed by atoms with Crippen molar-refractivity contribution in [1.82, 2.24) is 4.57 Å². The van der Waals surface area contributed by atoms with E-state index in [0.717, 1.165) is 17.1 Å². The van der Waals surface area contributed by atoms with Gasteiger partial charge in [-0.05, 0) is 44.2 Å². The summed E-state index contributed by atoms with van der Waals surface area (Å²) >= 11 is 5.97. The standard InChI is InChI=1S/C20H18ClNO4/c1-13-10-17(14(2)22(13)11-15-6-5-9-25-15)19(23)12-26-20(24)16-7-3-4-8-18(16)21/h3-10H,11-12H2,1-2H3. The van der Waals surface area contributed by atoms with Gasteiger partial charge in [0.25, 0.3) is 0 Å². The predicted octanol–water partition coefficient (Wildman–Crippen LogP) is 4.44. The van der Waals surface area contributed by atoms with Crippen LogP contribution in [0.25, 0.3) is 0 Å². The fourth-order valence-electron chi connectivity index (χ4n) is 2.80. The Morgan fingerprint density at radius 3 is 2.58 bits per heavy atom. The molecule has 3 aromatic rings. The molecule has 0 aliphatic rings. The van der Waals surface area contributed by atoms with Crippen LogP contribution in [0.1, 0.15) is 37.9 Å². The average Bonchev–Trinajstić information content (AvgIpc) is 3.23. The van der Waals surface area contributed by atoms with Gasteiger partial charge in [-0.2, -0.15) is 0 Å². The molecule has 0 aliphatic heterocycles. The molecule has 3 rings (SSSR count). The summed E-state index contributed by atoms with van der Waals surface area (Å²) in [4.78, 5) is 24.6. The fourth-order valence-corrected chi connectivity index (χ4v) is 3.01. The number of carbonyl (C=O) groups excluding carboxylic acids is 2. The van der Waals surface area contributed by atoms with E-state index in [9.17, 15) is 9.59 Å². The minimum absolute atomic E-state index is 0.241. The van der Waals surface area contributed by atoms with Crippen LogP contribution >= 0.6 is 11.6 Å². The van der Waals surface area contributed by atoms with Gasteiger partial charge in [-0.3, -0.25) is 4.79 Å². The van der Waals surface area contributed by atoms with Gasteiger partial charge >= 0.3 is 5.97 Å². The second-order valence-corrected chi connectivity index (χ2v) is 6.34. The molecular weight excluding hydrogens is 354 g/mol. The first-order valence-corrected chi connectivity index (χ1v) is 8.49. The summed E-state index contributed by atoms with van der Waals surface area (Å²) in [7, 11) is 0. The number of rotatable bonds is 6. The van der Waals surface area contributed by atoms with Gasteiger partial charge in [-0.1, -0.05) is 23.7 Å². The smallest absolute Gasteiger partial charge is 0.340 e. The molecule has 0 saturated heterocycles. The van der Waals surface area contributed by atoms with Crippen LogP contribution < -0.4 is 0 Å². The van der Waals surface area contributed by atoms with Crippen molar-refractivity contribution in [3.63, 3.8) is 0 Å². The maximum atomic E-state index is 12.5. The van der Waals surface area contributed by atoms with Gasteiger partial charge in [0.2, 0.25) is 5.78 Å². The number of carbonyl (C=O) groups is 2. The molecule has 0 bridgehead atoms. The lowest BCUT2D eigenvalue weighted by atomic mass is 10.1. The van der Waals surface area contributed by atoms with E-state index in [-0.39, 0.29) is 18.0 Å². The number of ketones is 1. The van der Waals surface area contributed by atoms with Gasteiger partial charge in [-0.15, -0.1) is 0 Å². The number of halogens is 1. The monoisotopic (exact) mass is 371 g/mol. The molecule has 0 atom stereocenters. The first kappa shape index (κ1) is 18.0. The molecule has 0 unspecified atom stereocenters. The minimum Gasteiger partial charge on any atom is -0.467 e. The number of hydrogen-bond acceptors (Lipinski definition) is 4. The van der Waals surface area contributed by atoms with Gasteiger partial charge in [0, 0.05) is 17.0 Å². The third-order valence-corrected chi connectivity index (χ3v) is 4.53. The highest BCUT2D eigenvalue weighted by Crippen LogP contribution is 2.19. The highest BCUT2D eigenvalue weighted by atomic mass is 35.5. The molecule has 0 radical (unpaired) electrons. The largest absolute Gasteiger partial charge is 0.467 e. The molecule has 0 fully saturated rings. The van der Waals surface area contributed by atoms with E-state index in [1.54, 1.807) is 36.6 Å². The van der Waals surface area contributed by atoms with Gasteiger partial charge in [0.05, 0.1) is 23.4 Å².